The van der Waals surface area contributed by atoms with E-state index in [1.165, 1.54) is 18.2 Å². The van der Waals surface area contributed by atoms with Gasteiger partial charge in [0.05, 0.1) is 11.0 Å². The molecule has 0 bridgehead atoms. The van der Waals surface area contributed by atoms with Crippen LogP contribution in [0, 0.1) is 10.1 Å². The number of hydrogen-bond acceptors (Lipinski definition) is 7. The summed E-state index contributed by atoms with van der Waals surface area (Å²) in [5.74, 6) is -0.607. The van der Waals surface area contributed by atoms with Gasteiger partial charge in [-0.2, -0.15) is 0 Å². The maximum atomic E-state index is 12.0. The summed E-state index contributed by atoms with van der Waals surface area (Å²) >= 11 is 1.13. The molecular weight excluding hydrogens is 282 g/mol. The van der Waals surface area contributed by atoms with Gasteiger partial charge in [0.25, 0.3) is 11.6 Å². The van der Waals surface area contributed by atoms with Crippen molar-refractivity contribution in [1.29, 1.82) is 0 Å². The summed E-state index contributed by atoms with van der Waals surface area (Å²) in [6, 6.07) is 5.40. The molecule has 20 heavy (non-hydrogen) atoms. The number of nitro benzene ring substituents is 1. The summed E-state index contributed by atoms with van der Waals surface area (Å²) in [4.78, 5) is 22.3. The third kappa shape index (κ3) is 2.95. The van der Waals surface area contributed by atoms with Gasteiger partial charge in [0, 0.05) is 6.07 Å². The summed E-state index contributed by atoms with van der Waals surface area (Å²) in [6.07, 6.45) is 0. The molecule has 0 saturated carbocycles. The summed E-state index contributed by atoms with van der Waals surface area (Å²) in [7, 11) is 0. The van der Waals surface area contributed by atoms with E-state index in [-0.39, 0.29) is 22.4 Å². The van der Waals surface area contributed by atoms with Crippen LogP contribution in [0.1, 0.15) is 28.3 Å². The lowest BCUT2D eigenvalue weighted by molar-refractivity contribution is -0.385. The summed E-state index contributed by atoms with van der Waals surface area (Å²) in [5.41, 5.74) is 5.34. The molecule has 8 nitrogen and oxygen atoms in total. The standard InChI is InChI=1S/C11H11N5O3S/c1-6(12)10-14-15-11(20-10)13-9(17)7-4-2-3-5-8(7)16(18)19/h2-6H,12H2,1H3,(H,13,15,17). The van der Waals surface area contributed by atoms with Crippen LogP contribution in [-0.4, -0.2) is 21.0 Å². The predicted octanol–water partition coefficient (Wildman–Crippen LogP) is 1.72. The fraction of sp³-hybridized carbons (Fsp3) is 0.182. The van der Waals surface area contributed by atoms with Crippen LogP contribution >= 0.6 is 11.3 Å². The normalized spacial score (nSPS) is 11.9. The molecule has 1 heterocycles. The molecule has 3 N–H and O–H groups in total. The van der Waals surface area contributed by atoms with E-state index in [2.05, 4.69) is 15.5 Å². The quantitative estimate of drug-likeness (QED) is 0.653. The second kappa shape index (κ2) is 5.72. The Morgan fingerprint density at radius 1 is 1.45 bits per heavy atom. The van der Waals surface area contributed by atoms with Gasteiger partial charge in [-0.05, 0) is 13.0 Å². The highest BCUT2D eigenvalue weighted by atomic mass is 32.1. The number of anilines is 1. The maximum absolute atomic E-state index is 12.0. The molecule has 0 spiro atoms. The number of para-hydroxylation sites is 1. The van der Waals surface area contributed by atoms with Gasteiger partial charge in [-0.15, -0.1) is 10.2 Å². The third-order valence-corrected chi connectivity index (χ3v) is 3.44. The van der Waals surface area contributed by atoms with Crippen molar-refractivity contribution in [2.24, 2.45) is 5.73 Å². The largest absolute Gasteiger partial charge is 0.322 e. The number of nitrogens with one attached hydrogen (secondary N) is 1. The lowest BCUT2D eigenvalue weighted by Crippen LogP contribution is -2.13. The molecule has 1 aromatic carbocycles. The van der Waals surface area contributed by atoms with Gasteiger partial charge < -0.3 is 5.73 Å². The lowest BCUT2D eigenvalue weighted by Gasteiger charge is -2.02. The van der Waals surface area contributed by atoms with Crippen molar-refractivity contribution in [3.05, 3.63) is 45.0 Å². The van der Waals surface area contributed by atoms with Gasteiger partial charge >= 0.3 is 0 Å². The molecule has 104 valence electrons. The fourth-order valence-electron chi connectivity index (χ4n) is 1.46. The number of amides is 1. The average Bonchev–Trinajstić information content (AvgIpc) is 2.87. The Morgan fingerprint density at radius 3 is 2.75 bits per heavy atom. The molecule has 2 aromatic rings. The van der Waals surface area contributed by atoms with E-state index in [4.69, 9.17) is 5.73 Å². The zero-order valence-electron chi connectivity index (χ0n) is 10.4. The molecule has 1 unspecified atom stereocenters. The van der Waals surface area contributed by atoms with Crippen LogP contribution < -0.4 is 11.1 Å². The number of nitro groups is 1. The van der Waals surface area contributed by atoms with Crippen LogP contribution in [0.3, 0.4) is 0 Å². The van der Waals surface area contributed by atoms with E-state index in [1.54, 1.807) is 13.0 Å². The van der Waals surface area contributed by atoms with Crippen LogP contribution in [0.25, 0.3) is 0 Å². The molecule has 0 saturated heterocycles. The molecule has 0 radical (unpaired) electrons. The molecule has 1 atom stereocenters. The number of rotatable bonds is 4. The summed E-state index contributed by atoms with van der Waals surface area (Å²) in [6.45, 7) is 1.74. The van der Waals surface area contributed by atoms with Crippen molar-refractivity contribution in [3.8, 4) is 0 Å². The van der Waals surface area contributed by atoms with Crippen LogP contribution in [0.2, 0.25) is 0 Å². The first kappa shape index (κ1) is 14.0. The van der Waals surface area contributed by atoms with Gasteiger partial charge in [-0.3, -0.25) is 20.2 Å². The molecule has 0 aliphatic heterocycles. The number of benzene rings is 1. The molecule has 0 aliphatic carbocycles. The smallest absolute Gasteiger partial charge is 0.282 e. The monoisotopic (exact) mass is 293 g/mol. The number of nitrogens with two attached hydrogens (primary N) is 1. The zero-order chi connectivity index (χ0) is 14.7. The van der Waals surface area contributed by atoms with Crippen molar-refractivity contribution in [3.63, 3.8) is 0 Å². The van der Waals surface area contributed by atoms with Crippen molar-refractivity contribution in [1.82, 2.24) is 10.2 Å². The fourth-order valence-corrected chi connectivity index (χ4v) is 2.15. The van der Waals surface area contributed by atoms with Crippen LogP contribution in [0.5, 0.6) is 0 Å². The number of carbonyl (C=O) groups is 1. The van der Waals surface area contributed by atoms with E-state index in [9.17, 15) is 14.9 Å². The second-order valence-electron chi connectivity index (χ2n) is 3.96. The Bertz CT molecular complexity index is 655. The van der Waals surface area contributed by atoms with E-state index in [1.807, 2.05) is 0 Å². The van der Waals surface area contributed by atoms with Crippen molar-refractivity contribution < 1.29 is 9.72 Å². The highest BCUT2D eigenvalue weighted by Crippen LogP contribution is 2.22. The molecule has 9 heteroatoms. The average molecular weight is 293 g/mol. The van der Waals surface area contributed by atoms with Crippen molar-refractivity contribution in [2.75, 3.05) is 5.32 Å². The first-order chi connectivity index (χ1) is 9.49. The minimum atomic E-state index is -0.609. The highest BCUT2D eigenvalue weighted by Gasteiger charge is 2.20. The van der Waals surface area contributed by atoms with Gasteiger partial charge in [0.15, 0.2) is 0 Å². The maximum Gasteiger partial charge on any atom is 0.282 e. The third-order valence-electron chi connectivity index (χ3n) is 2.40. The Hall–Kier alpha value is -2.39. The number of aromatic nitrogens is 2. The number of carbonyl (C=O) groups excluding carboxylic acids is 1. The predicted molar refractivity (Wildman–Crippen MR) is 73.6 cm³/mol. The van der Waals surface area contributed by atoms with Crippen molar-refractivity contribution >= 4 is 28.1 Å². The Kier molecular flexibility index (Phi) is 4.01. The van der Waals surface area contributed by atoms with Gasteiger partial charge in [0.1, 0.15) is 10.6 Å². The summed E-state index contributed by atoms with van der Waals surface area (Å²) < 4.78 is 0. The Morgan fingerprint density at radius 2 is 2.15 bits per heavy atom. The van der Waals surface area contributed by atoms with E-state index in [0.29, 0.717) is 5.01 Å². The number of hydrogen-bond donors (Lipinski definition) is 2. The Labute approximate surface area is 117 Å². The molecule has 1 aromatic heterocycles. The van der Waals surface area contributed by atoms with E-state index < -0.39 is 10.8 Å². The van der Waals surface area contributed by atoms with Gasteiger partial charge in [0.2, 0.25) is 5.13 Å². The molecule has 1 amide bonds. The first-order valence-corrected chi connectivity index (χ1v) is 6.44. The Balaban J connectivity index is 2.22. The van der Waals surface area contributed by atoms with Gasteiger partial charge in [-0.1, -0.05) is 23.5 Å². The second-order valence-corrected chi connectivity index (χ2v) is 4.97. The SMILES string of the molecule is CC(N)c1nnc(NC(=O)c2ccccc2[N+](=O)[O-])s1. The van der Waals surface area contributed by atoms with Crippen molar-refractivity contribution in [2.45, 2.75) is 13.0 Å². The van der Waals surface area contributed by atoms with Crippen LogP contribution in [0.15, 0.2) is 24.3 Å². The lowest BCUT2D eigenvalue weighted by atomic mass is 10.1. The molecule has 2 rings (SSSR count). The minimum absolute atomic E-state index is 0.0324. The zero-order valence-corrected chi connectivity index (χ0v) is 11.3. The summed E-state index contributed by atoms with van der Waals surface area (Å²) in [5, 5.41) is 21.7. The molecule has 0 fully saturated rings. The van der Waals surface area contributed by atoms with Gasteiger partial charge in [-0.25, -0.2) is 0 Å². The van der Waals surface area contributed by atoms with Crippen LogP contribution in [0.4, 0.5) is 10.8 Å². The molecule has 0 aliphatic rings. The first-order valence-electron chi connectivity index (χ1n) is 5.63. The highest BCUT2D eigenvalue weighted by molar-refractivity contribution is 7.15. The number of nitrogens with zero attached hydrogens (tertiary/aromatic N) is 3. The van der Waals surface area contributed by atoms with E-state index >= 15 is 0 Å². The van der Waals surface area contributed by atoms with E-state index in [0.717, 1.165) is 11.3 Å². The minimum Gasteiger partial charge on any atom is -0.322 e. The molecular formula is C11H11N5O3S. The topological polar surface area (TPSA) is 124 Å². The van der Waals surface area contributed by atoms with Crippen LogP contribution in [-0.2, 0) is 0 Å².